The summed E-state index contributed by atoms with van der Waals surface area (Å²) in [5, 5.41) is 5.22. The van der Waals surface area contributed by atoms with E-state index in [1.54, 1.807) is 0 Å². The largest absolute Gasteiger partial charge is 0.468 e. The number of carbonyl (C=O) groups is 2. The van der Waals surface area contributed by atoms with Crippen molar-refractivity contribution in [2.75, 3.05) is 31.5 Å². The fourth-order valence-corrected chi connectivity index (χ4v) is 4.34. The van der Waals surface area contributed by atoms with Gasteiger partial charge in [-0.15, -0.1) is 0 Å². The normalized spacial score (nSPS) is 14.8. The smallest absolute Gasteiger partial charge is 0.319 e. The number of nitrogens with one attached hydrogen (secondary N) is 2. The molecular formula is C21H26F3N5O3S. The standard InChI is InChI=1S/C21H26F3N5O3S/c1-12(15-13(22)6-7-14(23)17(15)24)32-19-16(18(25)30)20(33-28-19)27-21(31)26-8-2-3-9-29-10-4-5-11-29/h6-7,12H,2-5,8-11H2,1H3,(H2,25,30)(H2,26,27,31). The van der Waals surface area contributed by atoms with Crippen LogP contribution in [0.1, 0.15) is 54.6 Å². The monoisotopic (exact) mass is 485 g/mol. The van der Waals surface area contributed by atoms with Gasteiger partial charge in [-0.3, -0.25) is 10.1 Å². The molecule has 1 aromatic heterocycles. The molecule has 1 aliphatic heterocycles. The van der Waals surface area contributed by atoms with Crippen molar-refractivity contribution in [1.29, 1.82) is 0 Å². The molecule has 1 unspecified atom stereocenters. The van der Waals surface area contributed by atoms with Gasteiger partial charge in [-0.25, -0.2) is 18.0 Å². The molecule has 1 aromatic carbocycles. The quantitative estimate of drug-likeness (QED) is 0.350. The average molecular weight is 486 g/mol. The summed E-state index contributed by atoms with van der Waals surface area (Å²) < 4.78 is 50.9. The fourth-order valence-electron chi connectivity index (χ4n) is 3.62. The third-order valence-electron chi connectivity index (χ3n) is 5.29. The molecule has 3 rings (SSSR count). The molecule has 1 fully saturated rings. The minimum Gasteiger partial charge on any atom is -0.468 e. The first-order chi connectivity index (χ1) is 15.8. The molecule has 3 amide bonds. The van der Waals surface area contributed by atoms with Crippen LogP contribution in [0.15, 0.2) is 12.1 Å². The molecular weight excluding hydrogens is 459 g/mol. The van der Waals surface area contributed by atoms with Crippen LogP contribution in [0.5, 0.6) is 5.88 Å². The number of ether oxygens (including phenoxy) is 1. The highest BCUT2D eigenvalue weighted by Gasteiger charge is 2.27. The van der Waals surface area contributed by atoms with Crippen LogP contribution < -0.4 is 21.1 Å². The number of likely N-dealkylation sites (tertiary alicyclic amines) is 1. The lowest BCUT2D eigenvalue weighted by atomic mass is 10.1. The van der Waals surface area contributed by atoms with Crippen LogP contribution in [0.3, 0.4) is 0 Å². The lowest BCUT2D eigenvalue weighted by Crippen LogP contribution is -2.30. The molecule has 33 heavy (non-hydrogen) atoms. The van der Waals surface area contributed by atoms with Crippen molar-refractivity contribution in [3.05, 3.63) is 40.7 Å². The van der Waals surface area contributed by atoms with E-state index in [0.29, 0.717) is 12.6 Å². The van der Waals surface area contributed by atoms with Crippen molar-refractivity contribution >= 4 is 28.5 Å². The van der Waals surface area contributed by atoms with Crippen LogP contribution in [0.2, 0.25) is 0 Å². The first kappa shape index (κ1) is 24.8. The van der Waals surface area contributed by atoms with E-state index in [-0.39, 0.29) is 16.4 Å². The Morgan fingerprint density at radius 2 is 1.91 bits per heavy atom. The maximum absolute atomic E-state index is 14.0. The minimum absolute atomic E-state index is 0.0273. The summed E-state index contributed by atoms with van der Waals surface area (Å²) in [7, 11) is 0. The second-order valence-corrected chi connectivity index (χ2v) is 8.48. The van der Waals surface area contributed by atoms with E-state index in [2.05, 4.69) is 19.9 Å². The molecule has 2 aromatic rings. The highest BCUT2D eigenvalue weighted by atomic mass is 32.1. The van der Waals surface area contributed by atoms with Crippen LogP contribution in [0, 0.1) is 17.5 Å². The van der Waals surface area contributed by atoms with Gasteiger partial charge in [-0.1, -0.05) is 0 Å². The Hall–Kier alpha value is -2.86. The molecule has 8 nitrogen and oxygen atoms in total. The van der Waals surface area contributed by atoms with Crippen LogP contribution in [0.25, 0.3) is 0 Å². The second-order valence-electron chi connectivity index (χ2n) is 7.71. The van der Waals surface area contributed by atoms with Gasteiger partial charge < -0.3 is 20.7 Å². The van der Waals surface area contributed by atoms with E-state index >= 15 is 0 Å². The number of unbranched alkanes of at least 4 members (excludes halogenated alkanes) is 1. The number of primary amides is 1. The fraction of sp³-hybridized carbons (Fsp3) is 0.476. The topological polar surface area (TPSA) is 110 Å². The molecule has 0 saturated carbocycles. The molecule has 0 radical (unpaired) electrons. The number of hydrogen-bond acceptors (Lipinski definition) is 6. The molecule has 4 N–H and O–H groups in total. The van der Waals surface area contributed by atoms with Crippen molar-refractivity contribution in [1.82, 2.24) is 14.6 Å². The SMILES string of the molecule is CC(Oc1nsc(NC(=O)NCCCCN2CCCC2)c1C(N)=O)c1c(F)ccc(F)c1F. The van der Waals surface area contributed by atoms with Gasteiger partial charge in [0.1, 0.15) is 22.5 Å². The number of rotatable bonds is 10. The number of amides is 3. The maximum atomic E-state index is 14.0. The summed E-state index contributed by atoms with van der Waals surface area (Å²) in [6.45, 7) is 4.96. The molecule has 1 saturated heterocycles. The third kappa shape index (κ3) is 6.35. The number of halogens is 3. The summed E-state index contributed by atoms with van der Waals surface area (Å²) in [6, 6.07) is 0.877. The van der Waals surface area contributed by atoms with Gasteiger partial charge in [0.2, 0.25) is 5.88 Å². The summed E-state index contributed by atoms with van der Waals surface area (Å²) in [4.78, 5) is 26.5. The predicted octanol–water partition coefficient (Wildman–Crippen LogP) is 3.80. The molecule has 1 aliphatic rings. The maximum Gasteiger partial charge on any atom is 0.319 e. The number of urea groups is 1. The lowest BCUT2D eigenvalue weighted by molar-refractivity contribution is 0.0994. The molecule has 0 aliphatic carbocycles. The minimum atomic E-state index is -1.40. The lowest BCUT2D eigenvalue weighted by Gasteiger charge is -2.16. The highest BCUT2D eigenvalue weighted by molar-refractivity contribution is 7.11. The van der Waals surface area contributed by atoms with E-state index in [1.807, 2.05) is 0 Å². The molecule has 12 heteroatoms. The first-order valence-electron chi connectivity index (χ1n) is 10.6. The number of nitrogens with two attached hydrogens (primary N) is 1. The van der Waals surface area contributed by atoms with Crippen LogP contribution >= 0.6 is 11.5 Å². The highest BCUT2D eigenvalue weighted by Crippen LogP contribution is 2.34. The number of aromatic nitrogens is 1. The van der Waals surface area contributed by atoms with Crippen molar-refractivity contribution in [3.63, 3.8) is 0 Å². The average Bonchev–Trinajstić information content (AvgIpc) is 3.41. The van der Waals surface area contributed by atoms with Gasteiger partial charge in [0.25, 0.3) is 5.91 Å². The number of benzene rings is 1. The van der Waals surface area contributed by atoms with Crippen LogP contribution in [-0.4, -0.2) is 47.4 Å². The second kappa shape index (κ2) is 11.3. The number of anilines is 1. The van der Waals surface area contributed by atoms with Gasteiger partial charge in [-0.2, -0.15) is 4.37 Å². The number of hydrogen-bond donors (Lipinski definition) is 3. The molecule has 0 spiro atoms. The summed E-state index contributed by atoms with van der Waals surface area (Å²) in [6.07, 6.45) is 2.89. The van der Waals surface area contributed by atoms with Gasteiger partial charge in [-0.05, 0) is 75.9 Å². The van der Waals surface area contributed by atoms with Crippen molar-refractivity contribution in [2.24, 2.45) is 5.73 Å². The summed E-state index contributed by atoms with van der Waals surface area (Å²) in [5.41, 5.74) is 4.50. The Morgan fingerprint density at radius 3 is 2.61 bits per heavy atom. The summed E-state index contributed by atoms with van der Waals surface area (Å²) >= 11 is 0.726. The van der Waals surface area contributed by atoms with Crippen LogP contribution in [0.4, 0.5) is 23.0 Å². The Bertz CT molecular complexity index is 998. The zero-order valence-electron chi connectivity index (χ0n) is 18.1. The first-order valence-corrected chi connectivity index (χ1v) is 11.4. The third-order valence-corrected chi connectivity index (χ3v) is 6.04. The van der Waals surface area contributed by atoms with Gasteiger partial charge in [0, 0.05) is 6.54 Å². The van der Waals surface area contributed by atoms with E-state index in [4.69, 9.17) is 10.5 Å². The van der Waals surface area contributed by atoms with Gasteiger partial charge in [0.05, 0.1) is 5.56 Å². The Kier molecular flexibility index (Phi) is 8.50. The Morgan fingerprint density at radius 1 is 1.21 bits per heavy atom. The molecule has 2 heterocycles. The molecule has 1 atom stereocenters. The van der Waals surface area contributed by atoms with E-state index in [9.17, 15) is 22.8 Å². The van der Waals surface area contributed by atoms with Crippen molar-refractivity contribution in [3.8, 4) is 5.88 Å². The van der Waals surface area contributed by atoms with Gasteiger partial charge >= 0.3 is 6.03 Å². The number of carbonyl (C=O) groups excluding carboxylic acids is 2. The zero-order valence-corrected chi connectivity index (χ0v) is 18.9. The molecule has 0 bridgehead atoms. The Balaban J connectivity index is 1.58. The number of nitrogens with zero attached hydrogens (tertiary/aromatic N) is 2. The van der Waals surface area contributed by atoms with Gasteiger partial charge in [0.15, 0.2) is 11.6 Å². The Labute approximate surface area is 193 Å². The zero-order chi connectivity index (χ0) is 24.0. The van der Waals surface area contributed by atoms with Crippen LogP contribution in [-0.2, 0) is 0 Å². The van der Waals surface area contributed by atoms with Crippen molar-refractivity contribution in [2.45, 2.75) is 38.7 Å². The van der Waals surface area contributed by atoms with E-state index in [0.717, 1.165) is 50.1 Å². The van der Waals surface area contributed by atoms with E-state index in [1.165, 1.54) is 19.8 Å². The van der Waals surface area contributed by atoms with Crippen molar-refractivity contribution < 1.29 is 27.5 Å². The molecule has 180 valence electrons. The summed E-state index contributed by atoms with van der Waals surface area (Å²) in [5.74, 6) is -4.92. The van der Waals surface area contributed by atoms with E-state index < -0.39 is 41.1 Å². The predicted molar refractivity (Wildman–Crippen MR) is 118 cm³/mol.